The first-order chi connectivity index (χ1) is 12.4. The topological polar surface area (TPSA) is 73.3 Å². The molecule has 2 heterocycles. The van der Waals surface area contributed by atoms with E-state index < -0.39 is 5.69 Å². The first-order valence-corrected chi connectivity index (χ1v) is 9.13. The maximum absolute atomic E-state index is 11.8. The van der Waals surface area contributed by atoms with Crippen LogP contribution in [0.25, 0.3) is 0 Å². The van der Waals surface area contributed by atoms with Crippen molar-refractivity contribution in [3.63, 3.8) is 0 Å². The molecular weight excluding hydrogens is 331 g/mol. The summed E-state index contributed by atoms with van der Waals surface area (Å²) in [4.78, 5) is 25.2. The Labute approximate surface area is 152 Å². The minimum Gasteiger partial charge on any atom is -0.399 e. The molecule has 1 aliphatic carbocycles. The molecule has 1 aromatic heterocycles. The monoisotopic (exact) mass is 354 g/mol. The van der Waals surface area contributed by atoms with Crippen LogP contribution in [0, 0.1) is 0 Å². The van der Waals surface area contributed by atoms with Gasteiger partial charge in [-0.05, 0) is 37.7 Å². The van der Waals surface area contributed by atoms with Gasteiger partial charge in [0.25, 0.3) is 5.56 Å². The SMILES string of the molecule is CC12CCCCC1(C)OB(c1ccc(Cn3ccc(=O)[nH]c3=O)cc1)O2. The van der Waals surface area contributed by atoms with Crippen LogP contribution in [0.1, 0.15) is 45.1 Å². The highest BCUT2D eigenvalue weighted by Gasteiger charge is 2.57. The average Bonchev–Trinajstić information content (AvgIpc) is 2.89. The van der Waals surface area contributed by atoms with Crippen molar-refractivity contribution in [1.82, 2.24) is 9.55 Å². The number of rotatable bonds is 3. The van der Waals surface area contributed by atoms with Crippen LogP contribution in [0.2, 0.25) is 0 Å². The largest absolute Gasteiger partial charge is 0.494 e. The third-order valence-corrected chi connectivity index (χ3v) is 5.91. The van der Waals surface area contributed by atoms with E-state index in [0.29, 0.717) is 6.54 Å². The minimum absolute atomic E-state index is 0.238. The van der Waals surface area contributed by atoms with Gasteiger partial charge in [0, 0.05) is 12.3 Å². The summed E-state index contributed by atoms with van der Waals surface area (Å²) >= 11 is 0. The van der Waals surface area contributed by atoms with E-state index in [2.05, 4.69) is 18.8 Å². The molecule has 2 aliphatic rings. The summed E-state index contributed by atoms with van der Waals surface area (Å²) in [6, 6.07) is 9.25. The molecule has 1 N–H and O–H groups in total. The first kappa shape index (κ1) is 17.3. The fourth-order valence-corrected chi connectivity index (χ4v) is 4.00. The molecule has 2 atom stereocenters. The molecule has 4 rings (SSSR count). The van der Waals surface area contributed by atoms with Gasteiger partial charge in [0.1, 0.15) is 0 Å². The Morgan fingerprint density at radius 1 is 1.04 bits per heavy atom. The summed E-state index contributed by atoms with van der Waals surface area (Å²) in [7, 11) is -0.354. The van der Waals surface area contributed by atoms with Gasteiger partial charge in [0.15, 0.2) is 0 Å². The number of H-pyrrole nitrogens is 1. The number of aromatic amines is 1. The molecular formula is C19H23BN2O4. The molecule has 2 fully saturated rings. The Morgan fingerprint density at radius 3 is 2.23 bits per heavy atom. The van der Waals surface area contributed by atoms with E-state index in [9.17, 15) is 9.59 Å². The van der Waals surface area contributed by atoms with Crippen molar-refractivity contribution >= 4 is 12.6 Å². The molecule has 2 unspecified atom stereocenters. The Morgan fingerprint density at radius 2 is 1.65 bits per heavy atom. The molecule has 136 valence electrons. The first-order valence-electron chi connectivity index (χ1n) is 9.13. The van der Waals surface area contributed by atoms with E-state index in [4.69, 9.17) is 9.31 Å². The van der Waals surface area contributed by atoms with E-state index >= 15 is 0 Å². The second-order valence-corrected chi connectivity index (χ2v) is 7.72. The number of fused-ring (bicyclic) bond motifs is 1. The smallest absolute Gasteiger partial charge is 0.399 e. The zero-order valence-electron chi connectivity index (χ0n) is 15.2. The van der Waals surface area contributed by atoms with Crippen molar-refractivity contribution in [2.45, 2.75) is 57.3 Å². The van der Waals surface area contributed by atoms with Crippen molar-refractivity contribution in [3.8, 4) is 0 Å². The zero-order chi connectivity index (χ0) is 18.4. The van der Waals surface area contributed by atoms with E-state index in [0.717, 1.165) is 23.9 Å². The van der Waals surface area contributed by atoms with Crippen LogP contribution in [0.15, 0.2) is 46.1 Å². The molecule has 2 aromatic rings. The van der Waals surface area contributed by atoms with Crippen molar-refractivity contribution in [2.75, 3.05) is 0 Å². The van der Waals surface area contributed by atoms with Gasteiger partial charge in [-0.15, -0.1) is 0 Å². The van der Waals surface area contributed by atoms with Crippen LogP contribution in [-0.2, 0) is 15.9 Å². The summed E-state index contributed by atoms with van der Waals surface area (Å²) < 4.78 is 14.1. The summed E-state index contributed by atoms with van der Waals surface area (Å²) in [5.74, 6) is 0. The van der Waals surface area contributed by atoms with Crippen molar-refractivity contribution in [2.24, 2.45) is 0 Å². The van der Waals surface area contributed by atoms with E-state index in [1.54, 1.807) is 0 Å². The molecule has 0 radical (unpaired) electrons. The summed E-state index contributed by atoms with van der Waals surface area (Å²) in [5, 5.41) is 0. The van der Waals surface area contributed by atoms with E-state index in [-0.39, 0.29) is 23.9 Å². The lowest BCUT2D eigenvalue weighted by atomic mass is 9.74. The van der Waals surface area contributed by atoms with Crippen molar-refractivity contribution in [1.29, 1.82) is 0 Å². The molecule has 0 amide bonds. The molecule has 0 spiro atoms. The van der Waals surface area contributed by atoms with Gasteiger partial charge < -0.3 is 9.31 Å². The fraction of sp³-hybridized carbons (Fsp3) is 0.474. The van der Waals surface area contributed by atoms with Crippen LogP contribution in [0.4, 0.5) is 0 Å². The second kappa shape index (κ2) is 6.25. The number of benzene rings is 1. The summed E-state index contributed by atoms with van der Waals surface area (Å²) in [6.45, 7) is 4.71. The van der Waals surface area contributed by atoms with Gasteiger partial charge in [0.05, 0.1) is 17.7 Å². The van der Waals surface area contributed by atoms with Gasteiger partial charge in [0.2, 0.25) is 0 Å². The quantitative estimate of drug-likeness (QED) is 0.847. The molecule has 6 nitrogen and oxygen atoms in total. The predicted molar refractivity (Wildman–Crippen MR) is 99.7 cm³/mol. The molecule has 0 bridgehead atoms. The van der Waals surface area contributed by atoms with Gasteiger partial charge >= 0.3 is 12.8 Å². The summed E-state index contributed by atoms with van der Waals surface area (Å²) in [6.07, 6.45) is 5.90. The number of hydrogen-bond donors (Lipinski definition) is 1. The minimum atomic E-state index is -0.408. The molecule has 1 saturated heterocycles. The molecule has 1 aromatic carbocycles. The zero-order valence-corrected chi connectivity index (χ0v) is 15.2. The molecule has 7 heteroatoms. The van der Waals surface area contributed by atoms with E-state index in [1.165, 1.54) is 29.7 Å². The van der Waals surface area contributed by atoms with Gasteiger partial charge in [-0.2, -0.15) is 0 Å². The highest BCUT2D eigenvalue weighted by atomic mass is 16.7. The van der Waals surface area contributed by atoms with Crippen LogP contribution in [-0.4, -0.2) is 27.9 Å². The number of nitrogens with zero attached hydrogens (tertiary/aromatic N) is 1. The molecule has 26 heavy (non-hydrogen) atoms. The lowest BCUT2D eigenvalue weighted by Crippen LogP contribution is -2.49. The second-order valence-electron chi connectivity index (χ2n) is 7.72. The highest BCUT2D eigenvalue weighted by molar-refractivity contribution is 6.62. The Hall–Kier alpha value is -2.12. The molecule has 1 aliphatic heterocycles. The Balaban J connectivity index is 1.52. The van der Waals surface area contributed by atoms with Gasteiger partial charge in [-0.3, -0.25) is 14.3 Å². The van der Waals surface area contributed by atoms with Gasteiger partial charge in [-0.25, -0.2) is 4.79 Å². The maximum atomic E-state index is 11.8. The Bertz CT molecular complexity index is 902. The third-order valence-electron chi connectivity index (χ3n) is 5.91. The average molecular weight is 354 g/mol. The van der Waals surface area contributed by atoms with Crippen LogP contribution in [0.5, 0.6) is 0 Å². The van der Waals surface area contributed by atoms with Gasteiger partial charge in [-0.1, -0.05) is 37.1 Å². The molecule has 1 saturated carbocycles. The van der Waals surface area contributed by atoms with Crippen LogP contribution in [0.3, 0.4) is 0 Å². The van der Waals surface area contributed by atoms with Crippen molar-refractivity contribution < 1.29 is 9.31 Å². The standard InChI is InChI=1S/C19H23BN2O4/c1-18-10-3-4-11-19(18,2)26-20(25-18)15-7-5-14(6-8-15)13-22-12-9-16(23)21-17(22)24/h5-9,12H,3-4,10-11,13H2,1-2H3,(H,21,23,24). The predicted octanol–water partition coefficient (Wildman–Crippen LogP) is 1.42. The number of hydrogen-bond acceptors (Lipinski definition) is 4. The van der Waals surface area contributed by atoms with E-state index in [1.807, 2.05) is 24.3 Å². The Kier molecular flexibility index (Phi) is 4.16. The summed E-state index contributed by atoms with van der Waals surface area (Å²) in [5.41, 5.74) is 0.681. The van der Waals surface area contributed by atoms with Crippen LogP contribution >= 0.6 is 0 Å². The maximum Gasteiger partial charge on any atom is 0.494 e. The third kappa shape index (κ3) is 2.95. The number of aromatic nitrogens is 2. The fourth-order valence-electron chi connectivity index (χ4n) is 4.00. The van der Waals surface area contributed by atoms with Crippen LogP contribution < -0.4 is 16.7 Å². The lowest BCUT2D eigenvalue weighted by molar-refractivity contribution is -0.0556. The lowest BCUT2D eigenvalue weighted by Gasteiger charge is -2.43. The highest BCUT2D eigenvalue weighted by Crippen LogP contribution is 2.47. The normalized spacial score (nSPS) is 28.2. The van der Waals surface area contributed by atoms with Crippen molar-refractivity contribution in [3.05, 3.63) is 62.9 Å². The number of nitrogens with one attached hydrogen (secondary N) is 1.